The van der Waals surface area contributed by atoms with Crippen molar-refractivity contribution in [3.05, 3.63) is 23.0 Å². The molecule has 0 spiro atoms. The molecule has 3 aliphatic rings. The quantitative estimate of drug-likeness (QED) is 0.632. The molecule has 1 amide bonds. The van der Waals surface area contributed by atoms with Crippen molar-refractivity contribution >= 4 is 11.6 Å². The molecule has 0 unspecified atom stereocenters. The Morgan fingerprint density at radius 1 is 0.786 bits per heavy atom. The number of anilines is 1. The van der Waals surface area contributed by atoms with Crippen molar-refractivity contribution in [2.24, 2.45) is 5.92 Å². The lowest BCUT2D eigenvalue weighted by molar-refractivity contribution is -0.120. The molecule has 2 fully saturated rings. The molecule has 1 aromatic rings. The van der Waals surface area contributed by atoms with E-state index >= 15 is 0 Å². The first-order chi connectivity index (χ1) is 13.8. The Hall–Kier alpha value is -1.38. The van der Waals surface area contributed by atoms with E-state index in [-0.39, 0.29) is 11.8 Å². The van der Waals surface area contributed by atoms with E-state index in [1.807, 2.05) is 6.20 Å². The van der Waals surface area contributed by atoms with Crippen molar-refractivity contribution in [2.45, 2.75) is 115 Å². The van der Waals surface area contributed by atoms with Gasteiger partial charge in [-0.1, -0.05) is 64.2 Å². The number of fused-ring (bicyclic) bond motifs is 1. The molecule has 0 atom stereocenters. The molecule has 0 aliphatic heterocycles. The van der Waals surface area contributed by atoms with Crippen molar-refractivity contribution in [1.29, 1.82) is 0 Å². The van der Waals surface area contributed by atoms with Gasteiger partial charge in [0.05, 0.1) is 11.9 Å². The number of rotatable bonds is 3. The summed E-state index contributed by atoms with van der Waals surface area (Å²) < 4.78 is 0. The highest BCUT2D eigenvalue weighted by Gasteiger charge is 2.27. The van der Waals surface area contributed by atoms with Gasteiger partial charge in [-0.3, -0.25) is 9.78 Å². The molecule has 3 aliphatic carbocycles. The van der Waals surface area contributed by atoms with Crippen LogP contribution in [0.4, 0.5) is 5.69 Å². The third kappa shape index (κ3) is 4.78. The molecule has 1 heterocycles. The van der Waals surface area contributed by atoms with Crippen LogP contribution in [0.2, 0.25) is 0 Å². The van der Waals surface area contributed by atoms with Crippen LogP contribution in [0.25, 0.3) is 0 Å². The van der Waals surface area contributed by atoms with Crippen molar-refractivity contribution in [1.82, 2.24) is 4.98 Å². The van der Waals surface area contributed by atoms with Gasteiger partial charge in [-0.05, 0) is 62.0 Å². The minimum atomic E-state index is 0.193. The molecule has 1 N–H and O–H groups in total. The Balaban J connectivity index is 1.56. The molecule has 3 heteroatoms. The Morgan fingerprint density at radius 2 is 1.39 bits per heavy atom. The molecular weight excluding hydrogens is 344 g/mol. The van der Waals surface area contributed by atoms with Gasteiger partial charge in [0.15, 0.2) is 0 Å². The predicted octanol–water partition coefficient (Wildman–Crippen LogP) is 6.70. The molecule has 0 saturated heterocycles. The van der Waals surface area contributed by atoms with Crippen LogP contribution in [0.3, 0.4) is 0 Å². The number of carbonyl (C=O) groups is 1. The summed E-state index contributed by atoms with van der Waals surface area (Å²) in [6, 6.07) is 0. The molecule has 0 bridgehead atoms. The number of pyridine rings is 1. The third-order valence-electron chi connectivity index (χ3n) is 7.40. The van der Waals surface area contributed by atoms with Crippen molar-refractivity contribution in [3.8, 4) is 0 Å². The maximum absolute atomic E-state index is 13.2. The Labute approximate surface area is 171 Å². The summed E-state index contributed by atoms with van der Waals surface area (Å²) in [5.74, 6) is 1.07. The average molecular weight is 383 g/mol. The normalized spacial score (nSPS) is 22.6. The van der Waals surface area contributed by atoms with Gasteiger partial charge in [0.1, 0.15) is 0 Å². The first-order valence-corrected chi connectivity index (χ1v) is 12.1. The molecule has 2 saturated carbocycles. The van der Waals surface area contributed by atoms with Crippen LogP contribution >= 0.6 is 0 Å². The van der Waals surface area contributed by atoms with Crippen molar-refractivity contribution < 1.29 is 4.79 Å². The predicted molar refractivity (Wildman–Crippen MR) is 116 cm³/mol. The number of aryl methyl sites for hydroxylation is 1. The molecule has 28 heavy (non-hydrogen) atoms. The largest absolute Gasteiger partial charge is 0.324 e. The van der Waals surface area contributed by atoms with Gasteiger partial charge < -0.3 is 5.32 Å². The van der Waals surface area contributed by atoms with Crippen molar-refractivity contribution in [3.63, 3.8) is 0 Å². The van der Waals surface area contributed by atoms with Gasteiger partial charge in [0.2, 0.25) is 5.91 Å². The van der Waals surface area contributed by atoms with Crippen LogP contribution in [-0.2, 0) is 17.6 Å². The van der Waals surface area contributed by atoms with Crippen LogP contribution < -0.4 is 5.32 Å². The second kappa shape index (κ2) is 9.89. The number of carbonyl (C=O) groups excluding carboxylic acids is 1. The zero-order valence-corrected chi connectivity index (χ0v) is 17.6. The highest BCUT2D eigenvalue weighted by atomic mass is 16.1. The van der Waals surface area contributed by atoms with Crippen LogP contribution in [0.15, 0.2) is 6.20 Å². The SMILES string of the molecule is O=C(Nc1cnc2c(c1C1CCCCCCC1)CCC2)C1CCCCCCC1. The van der Waals surface area contributed by atoms with E-state index in [2.05, 4.69) is 5.32 Å². The Kier molecular flexibility index (Phi) is 7.04. The van der Waals surface area contributed by atoms with E-state index < -0.39 is 0 Å². The monoisotopic (exact) mass is 382 g/mol. The minimum Gasteiger partial charge on any atom is -0.324 e. The maximum Gasteiger partial charge on any atom is 0.227 e. The zero-order valence-electron chi connectivity index (χ0n) is 17.6. The number of nitrogens with one attached hydrogen (secondary N) is 1. The van der Waals surface area contributed by atoms with Gasteiger partial charge in [0, 0.05) is 11.6 Å². The van der Waals surface area contributed by atoms with Crippen LogP contribution in [0, 0.1) is 5.92 Å². The fourth-order valence-electron chi connectivity index (χ4n) is 5.80. The molecule has 4 rings (SSSR count). The topological polar surface area (TPSA) is 42.0 Å². The highest BCUT2D eigenvalue weighted by Crippen LogP contribution is 2.40. The van der Waals surface area contributed by atoms with Gasteiger partial charge in [-0.15, -0.1) is 0 Å². The molecule has 154 valence electrons. The highest BCUT2D eigenvalue weighted by molar-refractivity contribution is 5.93. The summed E-state index contributed by atoms with van der Waals surface area (Å²) >= 11 is 0. The lowest BCUT2D eigenvalue weighted by Gasteiger charge is -2.26. The summed E-state index contributed by atoms with van der Waals surface area (Å²) in [5.41, 5.74) is 5.32. The molecule has 3 nitrogen and oxygen atoms in total. The van der Waals surface area contributed by atoms with Crippen molar-refractivity contribution in [2.75, 3.05) is 5.32 Å². The van der Waals surface area contributed by atoms with Gasteiger partial charge in [0.25, 0.3) is 0 Å². The summed E-state index contributed by atoms with van der Waals surface area (Å²) in [7, 11) is 0. The second-order valence-electron chi connectivity index (χ2n) is 9.44. The number of amides is 1. The summed E-state index contributed by atoms with van der Waals surface area (Å²) in [6.07, 6.45) is 23.3. The van der Waals surface area contributed by atoms with Crippen LogP contribution in [0.5, 0.6) is 0 Å². The lowest BCUT2D eigenvalue weighted by atomic mass is 9.82. The number of hydrogen-bond donors (Lipinski definition) is 1. The van der Waals surface area contributed by atoms with E-state index in [4.69, 9.17) is 4.98 Å². The number of nitrogens with zero attached hydrogens (tertiary/aromatic N) is 1. The zero-order chi connectivity index (χ0) is 19.2. The van der Waals surface area contributed by atoms with E-state index in [9.17, 15) is 4.79 Å². The van der Waals surface area contributed by atoms with Gasteiger partial charge in [-0.2, -0.15) is 0 Å². The van der Waals surface area contributed by atoms with Gasteiger partial charge >= 0.3 is 0 Å². The average Bonchev–Trinajstić information content (AvgIpc) is 3.10. The summed E-state index contributed by atoms with van der Waals surface area (Å²) in [5, 5.41) is 3.39. The lowest BCUT2D eigenvalue weighted by Crippen LogP contribution is -2.25. The van der Waals surface area contributed by atoms with Crippen LogP contribution in [-0.4, -0.2) is 10.9 Å². The molecular formula is C25H38N2O. The molecule has 0 radical (unpaired) electrons. The number of aromatic nitrogens is 1. The Bertz CT molecular complexity index is 653. The van der Waals surface area contributed by atoms with E-state index in [1.54, 1.807) is 0 Å². The van der Waals surface area contributed by atoms with Crippen LogP contribution in [0.1, 0.15) is 119 Å². The fraction of sp³-hybridized carbons (Fsp3) is 0.760. The summed E-state index contributed by atoms with van der Waals surface area (Å²) in [4.78, 5) is 17.9. The second-order valence-corrected chi connectivity index (χ2v) is 9.44. The Morgan fingerprint density at radius 3 is 2.07 bits per heavy atom. The molecule has 1 aromatic heterocycles. The standard InChI is InChI=1S/C25H38N2O/c28-25(20-14-9-5-2-6-10-15-20)27-23-18-26-22-17-11-16-21(22)24(23)19-12-7-3-1-4-8-13-19/h18-20H,1-17H2,(H,27,28). The van der Waals surface area contributed by atoms with E-state index in [1.165, 1.54) is 100 Å². The van der Waals surface area contributed by atoms with Gasteiger partial charge in [-0.25, -0.2) is 0 Å². The fourth-order valence-corrected chi connectivity index (χ4v) is 5.80. The minimum absolute atomic E-state index is 0.193. The summed E-state index contributed by atoms with van der Waals surface area (Å²) in [6.45, 7) is 0. The number of hydrogen-bond acceptors (Lipinski definition) is 2. The third-order valence-corrected chi connectivity index (χ3v) is 7.40. The maximum atomic E-state index is 13.2. The van der Waals surface area contributed by atoms with E-state index in [0.29, 0.717) is 5.92 Å². The smallest absolute Gasteiger partial charge is 0.227 e. The first-order valence-electron chi connectivity index (χ1n) is 12.1. The first kappa shape index (κ1) is 19.9. The molecule has 0 aromatic carbocycles. The van der Waals surface area contributed by atoms with E-state index in [0.717, 1.165) is 31.4 Å².